The quantitative estimate of drug-likeness (QED) is 0.306. The van der Waals surface area contributed by atoms with Crippen LogP contribution in [-0.2, 0) is 4.74 Å². The largest absolute Gasteiger partial charge is 0.465 e. The van der Waals surface area contributed by atoms with Crippen LogP contribution in [0.4, 0.5) is 0 Å². The van der Waals surface area contributed by atoms with E-state index in [-0.39, 0.29) is 5.97 Å². The summed E-state index contributed by atoms with van der Waals surface area (Å²) in [5.74, 6) is -0.366. The lowest BCUT2D eigenvalue weighted by atomic mass is 10.1. The number of hydrogen-bond donors (Lipinski definition) is 0. The lowest BCUT2D eigenvalue weighted by Crippen LogP contribution is -2.04. The fraction of sp³-hybridized carbons (Fsp3) is 0.200. The molecule has 0 radical (unpaired) electrons. The molecule has 4 heteroatoms. The molecular formula is C10H10N2O2. The average Bonchev–Trinajstić information content (AvgIpc) is 2.17. The Balaban J connectivity index is 3.13. The molecular weight excluding hydrogens is 180 g/mol. The topological polar surface area (TPSA) is 62.7 Å². The van der Waals surface area contributed by atoms with Gasteiger partial charge in [-0.3, -0.25) is 0 Å². The first-order valence-corrected chi connectivity index (χ1v) is 4.05. The first-order valence-electron chi connectivity index (χ1n) is 4.05. The molecule has 0 aliphatic rings. The molecule has 0 aromatic heterocycles. The van der Waals surface area contributed by atoms with E-state index in [1.165, 1.54) is 13.3 Å². The maximum absolute atomic E-state index is 11.2. The smallest absolute Gasteiger partial charge is 0.338 e. The summed E-state index contributed by atoms with van der Waals surface area (Å²) >= 11 is 0. The number of nitrogens with zero attached hydrogens (tertiary/aromatic N) is 2. The monoisotopic (exact) mass is 190 g/mol. The summed E-state index contributed by atoms with van der Waals surface area (Å²) in [4.78, 5) is 14.1. The van der Waals surface area contributed by atoms with Crippen LogP contribution in [0.25, 0.3) is 5.53 Å². The molecule has 1 rings (SSSR count). The zero-order chi connectivity index (χ0) is 10.6. The number of carbonyl (C=O) groups excluding carboxylic acids is 1. The Kier molecular flexibility index (Phi) is 3.15. The number of aryl methyl sites for hydroxylation is 1. The lowest BCUT2D eigenvalue weighted by molar-refractivity contribution is 0.00454. The zero-order valence-electron chi connectivity index (χ0n) is 8.02. The van der Waals surface area contributed by atoms with E-state index in [9.17, 15) is 4.79 Å². The highest BCUT2D eigenvalue weighted by molar-refractivity contribution is 5.92. The van der Waals surface area contributed by atoms with Crippen LogP contribution in [0.5, 0.6) is 0 Å². The van der Waals surface area contributed by atoms with E-state index in [0.717, 1.165) is 11.1 Å². The molecule has 0 bridgehead atoms. The van der Waals surface area contributed by atoms with Gasteiger partial charge in [-0.2, -0.15) is 4.79 Å². The molecule has 4 nitrogen and oxygen atoms in total. The molecule has 0 atom stereocenters. The molecule has 0 unspecified atom stereocenters. The van der Waals surface area contributed by atoms with E-state index in [0.29, 0.717) is 5.56 Å². The standard InChI is InChI=1S/C10H10N2O2/c1-7-5-8(6-12-11)3-4-9(7)10(13)14-2/h3-6H,1-2H3. The molecule has 0 saturated heterocycles. The van der Waals surface area contributed by atoms with E-state index in [1.807, 2.05) is 0 Å². The molecule has 0 spiro atoms. The SMILES string of the molecule is COC(=O)c1ccc(C=[N+]=[N-])cc1C. The molecule has 0 N–H and O–H groups in total. The van der Waals surface area contributed by atoms with Crippen LogP contribution in [0.15, 0.2) is 18.2 Å². The first-order chi connectivity index (χ1) is 6.69. The van der Waals surface area contributed by atoms with Gasteiger partial charge < -0.3 is 10.3 Å². The van der Waals surface area contributed by atoms with Gasteiger partial charge >= 0.3 is 5.97 Å². The summed E-state index contributed by atoms with van der Waals surface area (Å²) in [5, 5.41) is 0. The van der Waals surface area contributed by atoms with E-state index >= 15 is 0 Å². The van der Waals surface area contributed by atoms with Gasteiger partial charge in [-0.05, 0) is 30.7 Å². The van der Waals surface area contributed by atoms with Gasteiger partial charge in [0.15, 0.2) is 0 Å². The molecule has 72 valence electrons. The van der Waals surface area contributed by atoms with Crippen LogP contribution in [-0.4, -0.2) is 24.1 Å². The van der Waals surface area contributed by atoms with Gasteiger partial charge in [0, 0.05) is 0 Å². The lowest BCUT2D eigenvalue weighted by Gasteiger charge is -2.02. The van der Waals surface area contributed by atoms with E-state index in [1.54, 1.807) is 25.1 Å². The van der Waals surface area contributed by atoms with Crippen molar-refractivity contribution in [3.05, 3.63) is 40.4 Å². The van der Waals surface area contributed by atoms with Crippen molar-refractivity contribution in [2.24, 2.45) is 0 Å². The van der Waals surface area contributed by atoms with E-state index in [4.69, 9.17) is 5.53 Å². The fourth-order valence-electron chi connectivity index (χ4n) is 1.17. The second kappa shape index (κ2) is 4.35. The van der Waals surface area contributed by atoms with E-state index in [2.05, 4.69) is 9.53 Å². The molecule has 0 amide bonds. The molecule has 0 aliphatic carbocycles. The predicted octanol–water partition coefficient (Wildman–Crippen LogP) is 1.43. The molecule has 14 heavy (non-hydrogen) atoms. The summed E-state index contributed by atoms with van der Waals surface area (Å²) in [6.45, 7) is 1.79. The predicted molar refractivity (Wildman–Crippen MR) is 51.3 cm³/mol. The molecule has 0 fully saturated rings. The second-order valence-electron chi connectivity index (χ2n) is 2.81. The Morgan fingerprint density at radius 2 is 2.29 bits per heavy atom. The van der Waals surface area contributed by atoms with Crippen molar-refractivity contribution in [1.82, 2.24) is 0 Å². The van der Waals surface area contributed by atoms with Gasteiger partial charge in [-0.15, -0.1) is 0 Å². The maximum Gasteiger partial charge on any atom is 0.338 e. The molecule has 1 aromatic rings. The van der Waals surface area contributed by atoms with E-state index < -0.39 is 0 Å². The molecule has 0 aliphatic heterocycles. The van der Waals surface area contributed by atoms with Crippen molar-refractivity contribution in [3.8, 4) is 0 Å². The summed E-state index contributed by atoms with van der Waals surface area (Å²) in [6, 6.07) is 5.06. The second-order valence-corrected chi connectivity index (χ2v) is 2.81. The average molecular weight is 190 g/mol. The number of hydrogen-bond acceptors (Lipinski definition) is 2. The van der Waals surface area contributed by atoms with Crippen molar-refractivity contribution < 1.29 is 14.3 Å². The zero-order valence-corrected chi connectivity index (χ0v) is 8.02. The Bertz CT molecular complexity index is 407. The van der Waals surface area contributed by atoms with Gasteiger partial charge in [0.1, 0.15) is 0 Å². The first kappa shape index (κ1) is 10.2. The number of benzene rings is 1. The Morgan fingerprint density at radius 3 is 2.79 bits per heavy atom. The van der Waals surface area contributed by atoms with Crippen molar-refractivity contribution in [2.45, 2.75) is 6.92 Å². The van der Waals surface area contributed by atoms with Crippen LogP contribution >= 0.6 is 0 Å². The van der Waals surface area contributed by atoms with Crippen LogP contribution in [0, 0.1) is 6.92 Å². The number of carbonyl (C=O) groups is 1. The molecule has 1 aromatic carbocycles. The van der Waals surface area contributed by atoms with Crippen molar-refractivity contribution in [3.63, 3.8) is 0 Å². The number of esters is 1. The number of methoxy groups -OCH3 is 1. The normalized spacial score (nSPS) is 9.00. The third-order valence-electron chi connectivity index (χ3n) is 1.86. The highest BCUT2D eigenvalue weighted by atomic mass is 16.5. The summed E-state index contributed by atoms with van der Waals surface area (Å²) in [6.07, 6.45) is 1.30. The van der Waals surface area contributed by atoms with Crippen LogP contribution < -0.4 is 0 Å². The highest BCUT2D eigenvalue weighted by Gasteiger charge is 2.09. The summed E-state index contributed by atoms with van der Waals surface area (Å²) in [5.41, 5.74) is 10.3. The van der Waals surface area contributed by atoms with Gasteiger partial charge in [0.2, 0.25) is 0 Å². The van der Waals surface area contributed by atoms with Gasteiger partial charge in [0.25, 0.3) is 6.21 Å². The minimum atomic E-state index is -0.366. The minimum absolute atomic E-state index is 0.366. The van der Waals surface area contributed by atoms with Crippen molar-refractivity contribution >= 4 is 12.2 Å². The van der Waals surface area contributed by atoms with Crippen LogP contribution in [0.3, 0.4) is 0 Å². The fourth-order valence-corrected chi connectivity index (χ4v) is 1.17. The third-order valence-corrected chi connectivity index (χ3v) is 1.86. The highest BCUT2D eigenvalue weighted by Crippen LogP contribution is 2.10. The Morgan fingerprint density at radius 1 is 1.57 bits per heavy atom. The number of ether oxygens (including phenoxy) is 1. The van der Waals surface area contributed by atoms with Crippen molar-refractivity contribution in [2.75, 3.05) is 7.11 Å². The molecule has 0 heterocycles. The van der Waals surface area contributed by atoms with Crippen LogP contribution in [0.2, 0.25) is 0 Å². The summed E-state index contributed by atoms with van der Waals surface area (Å²) in [7, 11) is 1.34. The van der Waals surface area contributed by atoms with Gasteiger partial charge in [-0.25, -0.2) is 4.79 Å². The van der Waals surface area contributed by atoms with Crippen LogP contribution in [0.1, 0.15) is 21.5 Å². The maximum atomic E-state index is 11.2. The Hall–Kier alpha value is -1.93. The summed E-state index contributed by atoms with van der Waals surface area (Å²) < 4.78 is 4.59. The Labute approximate surface area is 81.7 Å². The van der Waals surface area contributed by atoms with Crippen molar-refractivity contribution in [1.29, 1.82) is 0 Å². The van der Waals surface area contributed by atoms with Gasteiger partial charge in [-0.1, -0.05) is 0 Å². The molecule has 0 saturated carbocycles. The number of rotatable bonds is 2. The minimum Gasteiger partial charge on any atom is -0.465 e. The third kappa shape index (κ3) is 2.06. The van der Waals surface area contributed by atoms with Gasteiger partial charge in [0.05, 0.1) is 18.2 Å².